The highest BCUT2D eigenvalue weighted by molar-refractivity contribution is 7.92. The molecule has 7 nitrogen and oxygen atoms in total. The summed E-state index contributed by atoms with van der Waals surface area (Å²) in [5.74, 6) is -0.307. The fourth-order valence-corrected chi connectivity index (χ4v) is 6.62. The van der Waals surface area contributed by atoms with E-state index in [0.717, 1.165) is 32.1 Å². The molecule has 1 aliphatic carbocycles. The fourth-order valence-electron chi connectivity index (χ4n) is 4.85. The van der Waals surface area contributed by atoms with Crippen LogP contribution in [0.5, 0.6) is 0 Å². The van der Waals surface area contributed by atoms with Gasteiger partial charge in [0.1, 0.15) is 29.4 Å². The van der Waals surface area contributed by atoms with Crippen molar-refractivity contribution in [1.82, 2.24) is 4.90 Å². The Morgan fingerprint density at radius 1 is 1.16 bits per heavy atom. The first-order chi connectivity index (χ1) is 13.5. The van der Waals surface area contributed by atoms with Crippen molar-refractivity contribution in [3.05, 3.63) is 24.2 Å². The summed E-state index contributed by atoms with van der Waals surface area (Å²) in [7, 11) is -3.76. The van der Waals surface area contributed by atoms with Crippen LogP contribution in [0.1, 0.15) is 58.1 Å². The zero-order valence-electron chi connectivity index (χ0n) is 16.9. The van der Waals surface area contributed by atoms with Crippen LogP contribution >= 0.6 is 27.0 Å². The summed E-state index contributed by atoms with van der Waals surface area (Å²) < 4.78 is 37.1. The first-order valence-electron chi connectivity index (χ1n) is 10.1. The molecule has 0 aromatic carbocycles. The Morgan fingerprint density at radius 3 is 2.52 bits per heavy atom. The van der Waals surface area contributed by atoms with Crippen molar-refractivity contribution in [2.75, 3.05) is 13.2 Å². The first kappa shape index (κ1) is 28.1. The Labute approximate surface area is 199 Å². The molecule has 0 N–H and O–H groups in total. The third-order valence-corrected chi connectivity index (χ3v) is 8.25. The number of rotatable bonds is 6. The Hall–Kier alpha value is -0.970. The van der Waals surface area contributed by atoms with E-state index in [2.05, 4.69) is 0 Å². The first-order valence-corrected chi connectivity index (χ1v) is 11.9. The number of furan rings is 1. The number of hydrogen-bond donors (Lipinski definition) is 0. The van der Waals surface area contributed by atoms with Crippen molar-refractivity contribution in [3.63, 3.8) is 0 Å². The number of amides is 1. The summed E-state index contributed by atoms with van der Waals surface area (Å²) in [6.07, 6.45) is 7.26. The SMILES string of the molecule is C.O=C1CO[C@@H]2CCN(C(=O)[C@H](CC3CCCCC3)S(=O)(=O)Cc3ccco3)[C@H]12.S.S. The minimum absolute atomic E-state index is 0. The summed E-state index contributed by atoms with van der Waals surface area (Å²) in [5.41, 5.74) is 0. The van der Waals surface area contributed by atoms with Gasteiger partial charge >= 0.3 is 0 Å². The van der Waals surface area contributed by atoms with Crippen molar-refractivity contribution in [3.8, 4) is 0 Å². The number of nitrogens with zero attached hydrogens (tertiary/aromatic N) is 1. The van der Waals surface area contributed by atoms with E-state index in [0.29, 0.717) is 25.1 Å². The lowest BCUT2D eigenvalue weighted by molar-refractivity contribution is -0.136. The molecule has 178 valence electrons. The third kappa shape index (κ3) is 6.09. The smallest absolute Gasteiger partial charge is 0.241 e. The highest BCUT2D eigenvalue weighted by Gasteiger charge is 2.50. The molecule has 0 bridgehead atoms. The molecule has 1 amide bonds. The normalized spacial score (nSPS) is 24.5. The Kier molecular flexibility index (Phi) is 10.7. The van der Waals surface area contributed by atoms with Crippen LogP contribution in [0.3, 0.4) is 0 Å². The van der Waals surface area contributed by atoms with Crippen LogP contribution in [0.25, 0.3) is 0 Å². The zero-order valence-corrected chi connectivity index (χ0v) is 19.7. The second kappa shape index (κ2) is 11.8. The van der Waals surface area contributed by atoms with Crippen molar-refractivity contribution >= 4 is 48.5 Å². The molecule has 3 atom stereocenters. The van der Waals surface area contributed by atoms with E-state index in [1.807, 2.05) is 0 Å². The second-order valence-electron chi connectivity index (χ2n) is 8.20. The van der Waals surface area contributed by atoms with Gasteiger partial charge in [-0.05, 0) is 30.9 Å². The maximum absolute atomic E-state index is 13.4. The summed E-state index contributed by atoms with van der Waals surface area (Å²) in [6.45, 7) is 0.378. The number of ketones is 1. The lowest BCUT2D eigenvalue weighted by Gasteiger charge is -2.30. The van der Waals surface area contributed by atoms with Crippen LogP contribution in [0.15, 0.2) is 22.8 Å². The Bertz CT molecular complexity index is 820. The van der Waals surface area contributed by atoms with Crippen molar-refractivity contribution in [1.29, 1.82) is 0 Å². The number of carbonyl (C=O) groups excluding carboxylic acids is 2. The van der Waals surface area contributed by atoms with Gasteiger partial charge in [0.2, 0.25) is 5.91 Å². The molecule has 2 saturated heterocycles. The zero-order chi connectivity index (χ0) is 19.7. The summed E-state index contributed by atoms with van der Waals surface area (Å²) in [6, 6.07) is 2.63. The minimum atomic E-state index is -3.76. The van der Waals surface area contributed by atoms with Gasteiger partial charge in [-0.2, -0.15) is 27.0 Å². The van der Waals surface area contributed by atoms with Gasteiger partial charge in [0, 0.05) is 6.54 Å². The molecule has 0 spiro atoms. The van der Waals surface area contributed by atoms with Gasteiger partial charge in [0.25, 0.3) is 0 Å². The number of hydrogen-bond acceptors (Lipinski definition) is 6. The van der Waals surface area contributed by atoms with E-state index in [1.165, 1.54) is 11.2 Å². The van der Waals surface area contributed by atoms with E-state index < -0.39 is 27.0 Å². The molecule has 0 unspecified atom stereocenters. The molecule has 1 aromatic rings. The highest BCUT2D eigenvalue weighted by Crippen LogP contribution is 2.33. The molecular weight excluding hydrogens is 458 g/mol. The average molecular weight is 494 g/mol. The molecular formula is C21H35NO6S3. The minimum Gasteiger partial charge on any atom is -0.468 e. The Balaban J connectivity index is 0.00000160. The van der Waals surface area contributed by atoms with Crippen molar-refractivity contribution in [2.24, 2.45) is 5.92 Å². The Morgan fingerprint density at radius 2 is 1.87 bits per heavy atom. The van der Waals surface area contributed by atoms with Crippen LogP contribution in [-0.2, 0) is 29.9 Å². The molecule has 10 heteroatoms. The van der Waals surface area contributed by atoms with E-state index in [9.17, 15) is 18.0 Å². The second-order valence-corrected chi connectivity index (χ2v) is 10.4. The predicted molar refractivity (Wildman–Crippen MR) is 129 cm³/mol. The van der Waals surface area contributed by atoms with Crippen LogP contribution in [0.2, 0.25) is 0 Å². The molecule has 3 heterocycles. The molecule has 1 saturated carbocycles. The average Bonchev–Trinajstić information content (AvgIpc) is 3.40. The van der Waals surface area contributed by atoms with Crippen molar-refractivity contribution < 1.29 is 27.2 Å². The third-order valence-electron chi connectivity index (χ3n) is 6.30. The van der Waals surface area contributed by atoms with Gasteiger partial charge in [0.05, 0.1) is 12.4 Å². The van der Waals surface area contributed by atoms with Gasteiger partial charge < -0.3 is 14.1 Å². The van der Waals surface area contributed by atoms with Gasteiger partial charge in [-0.3, -0.25) is 9.59 Å². The lowest BCUT2D eigenvalue weighted by Crippen LogP contribution is -2.49. The number of Topliss-reactive ketones (excluding diaryl/α,β-unsaturated/α-hetero) is 1. The molecule has 1 aromatic heterocycles. The van der Waals surface area contributed by atoms with Crippen LogP contribution in [0.4, 0.5) is 0 Å². The summed E-state index contributed by atoms with van der Waals surface area (Å²) in [5, 5.41) is -1.13. The molecule has 3 aliphatic rings. The van der Waals surface area contributed by atoms with Gasteiger partial charge in [-0.1, -0.05) is 39.5 Å². The van der Waals surface area contributed by atoms with Crippen LogP contribution in [-0.4, -0.2) is 55.6 Å². The number of likely N-dealkylation sites (tertiary alicyclic amines) is 1. The van der Waals surface area contributed by atoms with Gasteiger partial charge in [-0.15, -0.1) is 0 Å². The molecule has 31 heavy (non-hydrogen) atoms. The monoisotopic (exact) mass is 493 g/mol. The van der Waals surface area contributed by atoms with Crippen molar-refractivity contribution in [2.45, 2.75) is 75.5 Å². The van der Waals surface area contributed by atoms with Crippen LogP contribution in [0, 0.1) is 5.92 Å². The van der Waals surface area contributed by atoms with Gasteiger partial charge in [0.15, 0.2) is 15.6 Å². The molecule has 3 fully saturated rings. The summed E-state index contributed by atoms with van der Waals surface area (Å²) >= 11 is 0. The molecule has 2 aliphatic heterocycles. The fraction of sp³-hybridized carbons (Fsp3) is 0.714. The number of ether oxygens (including phenoxy) is 1. The topological polar surface area (TPSA) is 93.9 Å². The number of fused-ring (bicyclic) bond motifs is 1. The maximum Gasteiger partial charge on any atom is 0.241 e. The summed E-state index contributed by atoms with van der Waals surface area (Å²) in [4.78, 5) is 27.1. The number of carbonyl (C=O) groups is 2. The van der Waals surface area contributed by atoms with E-state index in [-0.39, 0.29) is 64.6 Å². The maximum atomic E-state index is 13.4. The molecule has 0 radical (unpaired) electrons. The molecule has 4 rings (SSSR count). The largest absolute Gasteiger partial charge is 0.468 e. The van der Waals surface area contributed by atoms with E-state index in [1.54, 1.807) is 12.1 Å². The quantitative estimate of drug-likeness (QED) is 0.605. The lowest BCUT2D eigenvalue weighted by atomic mass is 9.86. The van der Waals surface area contributed by atoms with E-state index >= 15 is 0 Å². The van der Waals surface area contributed by atoms with Gasteiger partial charge in [-0.25, -0.2) is 8.42 Å². The number of sulfone groups is 1. The predicted octanol–water partition coefficient (Wildman–Crippen LogP) is 2.96. The highest BCUT2D eigenvalue weighted by atomic mass is 32.2. The van der Waals surface area contributed by atoms with Crippen LogP contribution < -0.4 is 0 Å². The van der Waals surface area contributed by atoms with E-state index in [4.69, 9.17) is 9.15 Å². The standard InChI is InChI=1S/C20H27NO6S.CH4.2H2S/c22-16-12-27-17-8-9-21(19(16)17)20(23)18(11-14-5-2-1-3-6-14)28(24,25)13-15-7-4-10-26-15;;;/h4,7,10,14,17-19H,1-3,5-6,8-9,11-13H2;1H4;2*1H2/t17-,18+,19-;;;/m1.../s1.